The molecule has 0 heterocycles. The summed E-state index contributed by atoms with van der Waals surface area (Å²) >= 11 is 0. The lowest BCUT2D eigenvalue weighted by atomic mass is 9.89. The van der Waals surface area contributed by atoms with Crippen LogP contribution in [0.3, 0.4) is 0 Å². The van der Waals surface area contributed by atoms with Crippen molar-refractivity contribution in [1.82, 2.24) is 0 Å². The highest BCUT2D eigenvalue weighted by Crippen LogP contribution is 2.28. The van der Waals surface area contributed by atoms with Crippen LogP contribution >= 0.6 is 0 Å². The summed E-state index contributed by atoms with van der Waals surface area (Å²) in [5.41, 5.74) is 4.05. The van der Waals surface area contributed by atoms with E-state index in [1.54, 1.807) is 0 Å². The molecule has 0 aliphatic rings. The summed E-state index contributed by atoms with van der Waals surface area (Å²) in [5.74, 6) is 0.502. The molecule has 0 aromatic heterocycles. The van der Waals surface area contributed by atoms with E-state index in [9.17, 15) is 0 Å². The Bertz CT molecular complexity index is 471. The van der Waals surface area contributed by atoms with Crippen molar-refractivity contribution in [3.05, 3.63) is 65.7 Å². The van der Waals surface area contributed by atoms with Gasteiger partial charge in [0.05, 0.1) is 0 Å². The van der Waals surface area contributed by atoms with E-state index in [0.29, 0.717) is 5.92 Å². The first kappa shape index (κ1) is 12.7. The van der Waals surface area contributed by atoms with Crippen LogP contribution in [-0.4, -0.2) is 14.1 Å². The predicted octanol–water partition coefficient (Wildman–Crippen LogP) is 4.29. The van der Waals surface area contributed by atoms with Gasteiger partial charge in [0.2, 0.25) is 0 Å². The lowest BCUT2D eigenvalue weighted by molar-refractivity contribution is 0.777. The molecule has 0 saturated carbocycles. The number of hydrogen-bond acceptors (Lipinski definition) is 1. The van der Waals surface area contributed by atoms with Gasteiger partial charge in [0.15, 0.2) is 0 Å². The molecule has 1 nitrogen and oxygen atoms in total. The quantitative estimate of drug-likeness (QED) is 0.769. The van der Waals surface area contributed by atoms with Gasteiger partial charge in [-0.05, 0) is 29.7 Å². The maximum absolute atomic E-state index is 2.25. The van der Waals surface area contributed by atoms with E-state index in [0.717, 1.165) is 6.42 Å². The summed E-state index contributed by atoms with van der Waals surface area (Å²) in [4.78, 5) is 2.13. The van der Waals surface area contributed by atoms with Crippen LogP contribution in [0.4, 0.5) is 5.69 Å². The zero-order valence-electron chi connectivity index (χ0n) is 11.4. The van der Waals surface area contributed by atoms with Crippen molar-refractivity contribution in [2.75, 3.05) is 19.0 Å². The van der Waals surface area contributed by atoms with E-state index in [2.05, 4.69) is 80.5 Å². The predicted molar refractivity (Wildman–Crippen MR) is 79.3 cm³/mol. The van der Waals surface area contributed by atoms with E-state index in [1.165, 1.54) is 16.8 Å². The molecule has 2 aromatic rings. The van der Waals surface area contributed by atoms with Gasteiger partial charge in [-0.1, -0.05) is 49.4 Å². The van der Waals surface area contributed by atoms with Crippen LogP contribution in [-0.2, 0) is 0 Å². The molecule has 2 aromatic carbocycles. The molecule has 18 heavy (non-hydrogen) atoms. The standard InChI is InChI=1S/C17H21N/c1-4-17(14-8-6-5-7-9-14)15-10-12-16(13-11-15)18(2)3/h5-13,17H,4H2,1-3H3/t17-/m1/s1. The monoisotopic (exact) mass is 239 g/mol. The first-order valence-corrected chi connectivity index (χ1v) is 6.54. The minimum atomic E-state index is 0.502. The molecule has 0 aliphatic carbocycles. The number of rotatable bonds is 4. The van der Waals surface area contributed by atoms with Crippen LogP contribution in [0.15, 0.2) is 54.6 Å². The second-order valence-corrected chi connectivity index (χ2v) is 4.86. The lowest BCUT2D eigenvalue weighted by Crippen LogP contribution is -2.08. The molecule has 0 unspecified atom stereocenters. The van der Waals surface area contributed by atoms with Gasteiger partial charge in [-0.15, -0.1) is 0 Å². The molecular weight excluding hydrogens is 218 g/mol. The number of hydrogen-bond donors (Lipinski definition) is 0. The van der Waals surface area contributed by atoms with Gasteiger partial charge >= 0.3 is 0 Å². The molecule has 0 fully saturated rings. The normalized spacial score (nSPS) is 12.2. The first-order chi connectivity index (χ1) is 8.72. The van der Waals surface area contributed by atoms with Gasteiger partial charge in [-0.2, -0.15) is 0 Å². The number of nitrogens with zero attached hydrogens (tertiary/aromatic N) is 1. The van der Waals surface area contributed by atoms with E-state index in [4.69, 9.17) is 0 Å². The maximum atomic E-state index is 2.25. The molecule has 0 amide bonds. The minimum Gasteiger partial charge on any atom is -0.378 e. The first-order valence-electron chi connectivity index (χ1n) is 6.54. The van der Waals surface area contributed by atoms with Gasteiger partial charge in [0.25, 0.3) is 0 Å². The fourth-order valence-corrected chi connectivity index (χ4v) is 2.35. The van der Waals surface area contributed by atoms with E-state index in [-0.39, 0.29) is 0 Å². The van der Waals surface area contributed by atoms with Crippen molar-refractivity contribution in [3.63, 3.8) is 0 Å². The Kier molecular flexibility index (Phi) is 4.03. The van der Waals surface area contributed by atoms with Crippen molar-refractivity contribution in [1.29, 1.82) is 0 Å². The SMILES string of the molecule is CC[C@H](c1ccccc1)c1ccc(N(C)C)cc1. The van der Waals surface area contributed by atoms with Crippen molar-refractivity contribution in [2.24, 2.45) is 0 Å². The summed E-state index contributed by atoms with van der Waals surface area (Å²) in [5, 5.41) is 0. The van der Waals surface area contributed by atoms with Crippen molar-refractivity contribution >= 4 is 5.69 Å². The van der Waals surface area contributed by atoms with E-state index >= 15 is 0 Å². The summed E-state index contributed by atoms with van der Waals surface area (Å²) in [6.45, 7) is 2.25. The molecule has 1 heteroatoms. The zero-order valence-corrected chi connectivity index (χ0v) is 11.4. The van der Waals surface area contributed by atoms with Gasteiger partial charge < -0.3 is 4.90 Å². The Morgan fingerprint density at radius 2 is 1.39 bits per heavy atom. The average Bonchev–Trinajstić information content (AvgIpc) is 2.41. The minimum absolute atomic E-state index is 0.502. The summed E-state index contributed by atoms with van der Waals surface area (Å²) in [6, 6.07) is 19.6. The molecular formula is C17H21N. The van der Waals surface area contributed by atoms with Crippen molar-refractivity contribution in [2.45, 2.75) is 19.3 Å². The van der Waals surface area contributed by atoms with E-state index in [1.807, 2.05) is 0 Å². The zero-order chi connectivity index (χ0) is 13.0. The van der Waals surface area contributed by atoms with Crippen molar-refractivity contribution in [3.8, 4) is 0 Å². The molecule has 0 bridgehead atoms. The molecule has 0 spiro atoms. The topological polar surface area (TPSA) is 3.24 Å². The van der Waals surface area contributed by atoms with Crippen LogP contribution in [0.25, 0.3) is 0 Å². The second kappa shape index (κ2) is 5.72. The highest BCUT2D eigenvalue weighted by Gasteiger charge is 2.11. The fraction of sp³-hybridized carbons (Fsp3) is 0.294. The van der Waals surface area contributed by atoms with Crippen LogP contribution in [0.1, 0.15) is 30.4 Å². The molecule has 94 valence electrons. The molecule has 0 N–H and O–H groups in total. The maximum Gasteiger partial charge on any atom is 0.0361 e. The van der Waals surface area contributed by atoms with Crippen LogP contribution in [0.2, 0.25) is 0 Å². The van der Waals surface area contributed by atoms with Crippen molar-refractivity contribution < 1.29 is 0 Å². The second-order valence-electron chi connectivity index (χ2n) is 4.86. The van der Waals surface area contributed by atoms with Gasteiger partial charge in [-0.3, -0.25) is 0 Å². The Hall–Kier alpha value is -1.76. The lowest BCUT2D eigenvalue weighted by Gasteiger charge is -2.18. The molecule has 0 saturated heterocycles. The van der Waals surface area contributed by atoms with Gasteiger partial charge in [0, 0.05) is 25.7 Å². The Balaban J connectivity index is 2.28. The largest absolute Gasteiger partial charge is 0.378 e. The molecule has 0 radical (unpaired) electrons. The molecule has 2 rings (SSSR count). The van der Waals surface area contributed by atoms with Gasteiger partial charge in [0.1, 0.15) is 0 Å². The van der Waals surface area contributed by atoms with Crippen LogP contribution < -0.4 is 4.90 Å². The molecule has 0 aliphatic heterocycles. The Morgan fingerprint density at radius 3 is 1.89 bits per heavy atom. The Morgan fingerprint density at radius 1 is 0.833 bits per heavy atom. The third-order valence-corrected chi connectivity index (χ3v) is 3.42. The smallest absolute Gasteiger partial charge is 0.0361 e. The van der Waals surface area contributed by atoms with Crippen LogP contribution in [0, 0.1) is 0 Å². The average molecular weight is 239 g/mol. The third-order valence-electron chi connectivity index (χ3n) is 3.42. The summed E-state index contributed by atoms with van der Waals surface area (Å²) in [6.07, 6.45) is 1.13. The highest BCUT2D eigenvalue weighted by molar-refractivity contribution is 5.47. The van der Waals surface area contributed by atoms with Crippen LogP contribution in [0.5, 0.6) is 0 Å². The third kappa shape index (κ3) is 2.73. The summed E-state index contributed by atoms with van der Waals surface area (Å²) < 4.78 is 0. The highest BCUT2D eigenvalue weighted by atomic mass is 15.1. The summed E-state index contributed by atoms with van der Waals surface area (Å²) in [7, 11) is 4.15. The Labute approximate surface area is 110 Å². The molecule has 1 atom stereocenters. The fourth-order valence-electron chi connectivity index (χ4n) is 2.35. The van der Waals surface area contributed by atoms with Gasteiger partial charge in [-0.25, -0.2) is 0 Å². The number of benzene rings is 2. The van der Waals surface area contributed by atoms with E-state index < -0.39 is 0 Å². The number of anilines is 1.